The number of piperazine rings is 1. The van der Waals surface area contributed by atoms with E-state index in [0.717, 1.165) is 19.6 Å². The predicted molar refractivity (Wildman–Crippen MR) is 86.2 cm³/mol. The zero-order chi connectivity index (χ0) is 16.1. The molecule has 2 aromatic rings. The van der Waals surface area contributed by atoms with E-state index < -0.39 is 0 Å². The fourth-order valence-electron chi connectivity index (χ4n) is 2.68. The van der Waals surface area contributed by atoms with Crippen molar-refractivity contribution in [3.63, 3.8) is 0 Å². The Balaban J connectivity index is 1.57. The highest BCUT2D eigenvalue weighted by molar-refractivity contribution is 5.92. The van der Waals surface area contributed by atoms with Crippen molar-refractivity contribution >= 4 is 5.91 Å². The van der Waals surface area contributed by atoms with Crippen molar-refractivity contribution in [1.82, 2.24) is 19.8 Å². The maximum absolute atomic E-state index is 12.5. The molecule has 1 fully saturated rings. The number of amides is 1. The highest BCUT2D eigenvalue weighted by Gasteiger charge is 2.23. The number of carbonyl (C=O) groups excluding carboxylic acids is 1. The number of carbonyl (C=O) groups is 1. The summed E-state index contributed by atoms with van der Waals surface area (Å²) in [5.74, 6) is 0.344. The Morgan fingerprint density at radius 3 is 2.57 bits per heavy atom. The standard InChI is InChI=1S/C17H20N4O2/c1-23-16-11-15(18-13-19-16)17(22)21-9-7-20(8-10-21)12-14-5-3-2-4-6-14/h2-6,11,13H,7-10,12H2,1H3. The van der Waals surface area contributed by atoms with Crippen LogP contribution in [0.25, 0.3) is 0 Å². The zero-order valence-corrected chi connectivity index (χ0v) is 13.2. The Morgan fingerprint density at radius 1 is 1.13 bits per heavy atom. The summed E-state index contributed by atoms with van der Waals surface area (Å²) in [6, 6.07) is 12.0. The first-order valence-corrected chi connectivity index (χ1v) is 7.68. The number of ether oxygens (including phenoxy) is 1. The SMILES string of the molecule is COc1cc(C(=O)N2CCN(Cc3ccccc3)CC2)ncn1. The molecule has 1 saturated heterocycles. The van der Waals surface area contributed by atoms with Crippen LogP contribution in [-0.2, 0) is 6.54 Å². The smallest absolute Gasteiger partial charge is 0.272 e. The zero-order valence-electron chi connectivity index (χ0n) is 13.2. The van der Waals surface area contributed by atoms with Crippen LogP contribution in [0.4, 0.5) is 0 Å². The van der Waals surface area contributed by atoms with Gasteiger partial charge in [0.25, 0.3) is 5.91 Å². The second-order valence-electron chi connectivity index (χ2n) is 5.50. The van der Waals surface area contributed by atoms with E-state index in [1.165, 1.54) is 19.0 Å². The minimum atomic E-state index is -0.0648. The first-order valence-electron chi connectivity index (χ1n) is 7.68. The number of hydrogen-bond donors (Lipinski definition) is 0. The van der Waals surface area contributed by atoms with Gasteiger partial charge in [-0.1, -0.05) is 30.3 Å². The largest absolute Gasteiger partial charge is 0.481 e. The number of methoxy groups -OCH3 is 1. The lowest BCUT2D eigenvalue weighted by Gasteiger charge is -2.34. The van der Waals surface area contributed by atoms with Crippen molar-refractivity contribution in [3.8, 4) is 5.88 Å². The van der Waals surface area contributed by atoms with Crippen LogP contribution >= 0.6 is 0 Å². The van der Waals surface area contributed by atoms with Gasteiger partial charge in [-0.05, 0) is 5.56 Å². The number of benzene rings is 1. The van der Waals surface area contributed by atoms with Crippen LogP contribution in [0, 0.1) is 0 Å². The van der Waals surface area contributed by atoms with Gasteiger partial charge in [0, 0.05) is 38.8 Å². The Bertz CT molecular complexity index is 655. The molecule has 0 unspecified atom stereocenters. The maximum atomic E-state index is 12.5. The van der Waals surface area contributed by atoms with Crippen LogP contribution in [0.15, 0.2) is 42.7 Å². The Hall–Kier alpha value is -2.47. The predicted octanol–water partition coefficient (Wildman–Crippen LogP) is 1.44. The fraction of sp³-hybridized carbons (Fsp3) is 0.353. The van der Waals surface area contributed by atoms with Crippen LogP contribution in [0.2, 0.25) is 0 Å². The summed E-state index contributed by atoms with van der Waals surface area (Å²) in [7, 11) is 1.53. The normalized spacial score (nSPS) is 15.4. The second kappa shape index (κ2) is 7.19. The summed E-state index contributed by atoms with van der Waals surface area (Å²) in [6.07, 6.45) is 1.36. The van der Waals surface area contributed by atoms with Crippen LogP contribution in [0.5, 0.6) is 5.88 Å². The third-order valence-corrected chi connectivity index (χ3v) is 3.98. The van der Waals surface area contributed by atoms with Crippen molar-refractivity contribution < 1.29 is 9.53 Å². The van der Waals surface area contributed by atoms with Gasteiger partial charge in [-0.3, -0.25) is 9.69 Å². The van der Waals surface area contributed by atoms with Crippen molar-refractivity contribution in [3.05, 3.63) is 54.0 Å². The van der Waals surface area contributed by atoms with E-state index in [0.29, 0.717) is 24.7 Å². The van der Waals surface area contributed by atoms with E-state index in [4.69, 9.17) is 4.74 Å². The van der Waals surface area contributed by atoms with Gasteiger partial charge in [-0.15, -0.1) is 0 Å². The Kier molecular flexibility index (Phi) is 4.83. The molecule has 6 heteroatoms. The van der Waals surface area contributed by atoms with E-state index in [1.807, 2.05) is 11.0 Å². The topological polar surface area (TPSA) is 58.6 Å². The number of rotatable bonds is 4. The summed E-state index contributed by atoms with van der Waals surface area (Å²) in [4.78, 5) is 24.7. The number of hydrogen-bond acceptors (Lipinski definition) is 5. The minimum Gasteiger partial charge on any atom is -0.481 e. The first kappa shape index (κ1) is 15.4. The quantitative estimate of drug-likeness (QED) is 0.855. The van der Waals surface area contributed by atoms with Crippen LogP contribution in [-0.4, -0.2) is 59.0 Å². The van der Waals surface area contributed by atoms with E-state index in [1.54, 1.807) is 6.07 Å². The molecule has 0 aliphatic carbocycles. The molecule has 3 rings (SSSR count). The molecule has 0 saturated carbocycles. The number of nitrogens with zero attached hydrogens (tertiary/aromatic N) is 4. The molecule has 120 valence electrons. The van der Waals surface area contributed by atoms with Crippen LogP contribution in [0.3, 0.4) is 0 Å². The Morgan fingerprint density at radius 2 is 1.87 bits per heavy atom. The lowest BCUT2D eigenvalue weighted by molar-refractivity contribution is 0.0622. The third-order valence-electron chi connectivity index (χ3n) is 3.98. The van der Waals surface area contributed by atoms with Gasteiger partial charge in [0.15, 0.2) is 0 Å². The summed E-state index contributed by atoms with van der Waals surface area (Å²) >= 11 is 0. The van der Waals surface area contributed by atoms with Crippen molar-refractivity contribution in [1.29, 1.82) is 0 Å². The van der Waals surface area contributed by atoms with Gasteiger partial charge in [-0.25, -0.2) is 9.97 Å². The Labute approximate surface area is 135 Å². The number of aromatic nitrogens is 2. The monoisotopic (exact) mass is 312 g/mol. The van der Waals surface area contributed by atoms with Crippen LogP contribution < -0.4 is 4.74 Å². The molecule has 23 heavy (non-hydrogen) atoms. The van der Waals surface area contributed by atoms with Crippen molar-refractivity contribution in [2.24, 2.45) is 0 Å². The molecule has 0 bridgehead atoms. The molecular weight excluding hydrogens is 292 g/mol. The van der Waals surface area contributed by atoms with E-state index >= 15 is 0 Å². The van der Waals surface area contributed by atoms with Crippen molar-refractivity contribution in [2.75, 3.05) is 33.3 Å². The summed E-state index contributed by atoms with van der Waals surface area (Å²) < 4.78 is 5.05. The minimum absolute atomic E-state index is 0.0648. The third kappa shape index (κ3) is 3.84. The second-order valence-corrected chi connectivity index (χ2v) is 5.50. The lowest BCUT2D eigenvalue weighted by atomic mass is 10.2. The first-order chi connectivity index (χ1) is 11.3. The summed E-state index contributed by atoms with van der Waals surface area (Å²) in [6.45, 7) is 4.06. The van der Waals surface area contributed by atoms with Gasteiger partial charge in [0.1, 0.15) is 12.0 Å². The summed E-state index contributed by atoms with van der Waals surface area (Å²) in [5, 5.41) is 0. The molecule has 1 aromatic carbocycles. The molecule has 1 amide bonds. The molecule has 0 atom stereocenters. The maximum Gasteiger partial charge on any atom is 0.272 e. The van der Waals surface area contributed by atoms with E-state index in [-0.39, 0.29) is 5.91 Å². The average Bonchev–Trinajstić information content (AvgIpc) is 2.63. The lowest BCUT2D eigenvalue weighted by Crippen LogP contribution is -2.48. The van der Waals surface area contributed by atoms with Gasteiger partial charge in [-0.2, -0.15) is 0 Å². The molecule has 1 aliphatic heterocycles. The highest BCUT2D eigenvalue weighted by Crippen LogP contribution is 2.12. The van der Waals surface area contributed by atoms with E-state index in [9.17, 15) is 4.79 Å². The molecule has 0 radical (unpaired) electrons. The molecule has 0 N–H and O–H groups in total. The molecule has 1 aromatic heterocycles. The molecule has 2 heterocycles. The van der Waals surface area contributed by atoms with Gasteiger partial charge in [0.2, 0.25) is 5.88 Å². The van der Waals surface area contributed by atoms with Crippen molar-refractivity contribution in [2.45, 2.75) is 6.54 Å². The van der Waals surface area contributed by atoms with E-state index in [2.05, 4.69) is 39.1 Å². The fourth-order valence-corrected chi connectivity index (χ4v) is 2.68. The van der Waals surface area contributed by atoms with Gasteiger partial charge < -0.3 is 9.64 Å². The van der Waals surface area contributed by atoms with Gasteiger partial charge in [0.05, 0.1) is 7.11 Å². The highest BCUT2D eigenvalue weighted by atomic mass is 16.5. The molecule has 1 aliphatic rings. The molecular formula is C17H20N4O2. The average molecular weight is 312 g/mol. The molecule has 0 spiro atoms. The van der Waals surface area contributed by atoms with Crippen LogP contribution in [0.1, 0.15) is 16.1 Å². The van der Waals surface area contributed by atoms with Gasteiger partial charge >= 0.3 is 0 Å². The molecule has 6 nitrogen and oxygen atoms in total. The summed E-state index contributed by atoms with van der Waals surface area (Å²) in [5.41, 5.74) is 1.68.